The normalized spacial score (nSPS) is 10.9. The highest BCUT2D eigenvalue weighted by atomic mass is 16.3. The summed E-state index contributed by atoms with van der Waals surface area (Å²) in [6.07, 6.45) is 1.67. The van der Waals surface area contributed by atoms with E-state index >= 15 is 0 Å². The highest BCUT2D eigenvalue weighted by molar-refractivity contribution is 5.96. The Kier molecular flexibility index (Phi) is 2.79. The molecule has 0 atom stereocenters. The predicted molar refractivity (Wildman–Crippen MR) is 84.9 cm³/mol. The molecular weight excluding hydrogens is 258 g/mol. The first-order chi connectivity index (χ1) is 10.4. The molecule has 4 aromatic rings. The molecule has 2 aromatic heterocycles. The third kappa shape index (κ3) is 2.11. The van der Waals surface area contributed by atoms with E-state index in [1.165, 1.54) is 11.1 Å². The van der Waals surface area contributed by atoms with Gasteiger partial charge in [-0.05, 0) is 35.4 Å². The third-order valence-electron chi connectivity index (χ3n) is 3.57. The van der Waals surface area contributed by atoms with Crippen molar-refractivity contribution in [2.45, 2.75) is 0 Å². The van der Waals surface area contributed by atoms with E-state index in [2.05, 4.69) is 36.4 Å². The van der Waals surface area contributed by atoms with Crippen LogP contribution in [0.5, 0.6) is 0 Å². The van der Waals surface area contributed by atoms with Gasteiger partial charge in [-0.1, -0.05) is 48.5 Å². The molecule has 2 heteroatoms. The molecule has 21 heavy (non-hydrogen) atoms. The zero-order valence-corrected chi connectivity index (χ0v) is 11.4. The van der Waals surface area contributed by atoms with E-state index < -0.39 is 0 Å². The lowest BCUT2D eigenvalue weighted by Crippen LogP contribution is -1.88. The van der Waals surface area contributed by atoms with Crippen LogP contribution in [0.25, 0.3) is 33.5 Å². The molecule has 0 radical (unpaired) electrons. The highest BCUT2D eigenvalue weighted by Gasteiger charge is 2.10. The Morgan fingerprint density at radius 2 is 1.57 bits per heavy atom. The SMILES string of the molecule is c1ccc(-c2cc(-c3ccco3)nc3ccccc23)cc1. The Morgan fingerprint density at radius 3 is 2.38 bits per heavy atom. The summed E-state index contributed by atoms with van der Waals surface area (Å²) in [5, 5.41) is 1.15. The smallest absolute Gasteiger partial charge is 0.152 e. The summed E-state index contributed by atoms with van der Waals surface area (Å²) in [5.74, 6) is 0.790. The van der Waals surface area contributed by atoms with Crippen molar-refractivity contribution in [3.8, 4) is 22.6 Å². The van der Waals surface area contributed by atoms with Crippen molar-refractivity contribution < 1.29 is 4.42 Å². The Hall–Kier alpha value is -2.87. The Morgan fingerprint density at radius 1 is 0.762 bits per heavy atom. The number of furan rings is 1. The quantitative estimate of drug-likeness (QED) is 0.503. The van der Waals surface area contributed by atoms with Crippen LogP contribution < -0.4 is 0 Å². The van der Waals surface area contributed by atoms with E-state index in [-0.39, 0.29) is 0 Å². The summed E-state index contributed by atoms with van der Waals surface area (Å²) in [7, 11) is 0. The summed E-state index contributed by atoms with van der Waals surface area (Å²) in [5.41, 5.74) is 4.19. The van der Waals surface area contributed by atoms with E-state index in [1.807, 2.05) is 36.4 Å². The van der Waals surface area contributed by atoms with Crippen molar-refractivity contribution in [2.24, 2.45) is 0 Å². The second kappa shape index (κ2) is 4.91. The van der Waals surface area contributed by atoms with Gasteiger partial charge in [0.1, 0.15) is 5.69 Å². The molecule has 0 unspecified atom stereocenters. The lowest BCUT2D eigenvalue weighted by atomic mass is 10.00. The minimum Gasteiger partial charge on any atom is -0.463 e. The maximum absolute atomic E-state index is 5.50. The molecule has 2 heterocycles. The van der Waals surface area contributed by atoms with Gasteiger partial charge in [-0.3, -0.25) is 0 Å². The second-order valence-corrected chi connectivity index (χ2v) is 4.92. The molecule has 0 saturated carbocycles. The number of pyridine rings is 1. The van der Waals surface area contributed by atoms with Crippen molar-refractivity contribution >= 4 is 10.9 Å². The number of fused-ring (bicyclic) bond motifs is 1. The number of hydrogen-bond donors (Lipinski definition) is 0. The fraction of sp³-hybridized carbons (Fsp3) is 0. The largest absolute Gasteiger partial charge is 0.463 e. The molecular formula is C19H13NO. The molecule has 0 amide bonds. The molecule has 0 saturated heterocycles. The van der Waals surface area contributed by atoms with Crippen LogP contribution in [0.4, 0.5) is 0 Å². The number of para-hydroxylation sites is 1. The third-order valence-corrected chi connectivity index (χ3v) is 3.57. The number of rotatable bonds is 2. The Balaban J connectivity index is 2.04. The maximum atomic E-state index is 5.50. The summed E-state index contributed by atoms with van der Waals surface area (Å²) in [4.78, 5) is 4.71. The predicted octanol–water partition coefficient (Wildman–Crippen LogP) is 5.16. The zero-order chi connectivity index (χ0) is 14.1. The first kappa shape index (κ1) is 11.9. The fourth-order valence-corrected chi connectivity index (χ4v) is 2.58. The molecule has 0 fully saturated rings. The number of hydrogen-bond acceptors (Lipinski definition) is 2. The van der Waals surface area contributed by atoms with E-state index in [0.717, 1.165) is 22.4 Å². The fourth-order valence-electron chi connectivity index (χ4n) is 2.58. The van der Waals surface area contributed by atoms with Crippen molar-refractivity contribution in [3.63, 3.8) is 0 Å². The van der Waals surface area contributed by atoms with Crippen LogP contribution >= 0.6 is 0 Å². The minimum atomic E-state index is 0.790. The van der Waals surface area contributed by atoms with Gasteiger partial charge >= 0.3 is 0 Å². The number of aromatic nitrogens is 1. The van der Waals surface area contributed by atoms with Gasteiger partial charge in [0.2, 0.25) is 0 Å². The standard InChI is InChI=1S/C19H13NO/c1-2-7-14(8-3-1)16-13-18(19-11-6-12-21-19)20-17-10-5-4-9-15(16)17/h1-13H. The van der Waals surface area contributed by atoms with Crippen LogP contribution in [0.1, 0.15) is 0 Å². The maximum Gasteiger partial charge on any atom is 0.152 e. The zero-order valence-electron chi connectivity index (χ0n) is 11.4. The average Bonchev–Trinajstić information content (AvgIpc) is 3.09. The molecule has 0 aliphatic carbocycles. The van der Waals surface area contributed by atoms with Crippen LogP contribution in [0.15, 0.2) is 83.5 Å². The van der Waals surface area contributed by atoms with Gasteiger partial charge in [-0.25, -0.2) is 4.98 Å². The van der Waals surface area contributed by atoms with Gasteiger partial charge in [-0.2, -0.15) is 0 Å². The molecule has 0 aliphatic rings. The minimum absolute atomic E-state index is 0.790. The van der Waals surface area contributed by atoms with E-state index in [1.54, 1.807) is 6.26 Å². The van der Waals surface area contributed by atoms with Gasteiger partial charge in [-0.15, -0.1) is 0 Å². The first-order valence-electron chi connectivity index (χ1n) is 6.91. The van der Waals surface area contributed by atoms with Gasteiger partial charge in [0, 0.05) is 5.39 Å². The van der Waals surface area contributed by atoms with Crippen LogP contribution in [-0.4, -0.2) is 4.98 Å². The van der Waals surface area contributed by atoms with Gasteiger partial charge in [0.05, 0.1) is 11.8 Å². The van der Waals surface area contributed by atoms with Crippen molar-refractivity contribution in [2.75, 3.05) is 0 Å². The Bertz CT molecular complexity index is 880. The highest BCUT2D eigenvalue weighted by Crippen LogP contribution is 2.31. The molecule has 2 nitrogen and oxygen atoms in total. The molecule has 4 rings (SSSR count). The number of benzene rings is 2. The van der Waals surface area contributed by atoms with Crippen molar-refractivity contribution in [1.82, 2.24) is 4.98 Å². The first-order valence-corrected chi connectivity index (χ1v) is 6.91. The van der Waals surface area contributed by atoms with Crippen LogP contribution in [0.3, 0.4) is 0 Å². The van der Waals surface area contributed by atoms with Gasteiger partial charge < -0.3 is 4.42 Å². The van der Waals surface area contributed by atoms with Crippen LogP contribution in [0, 0.1) is 0 Å². The Labute approximate surface area is 122 Å². The molecule has 0 aliphatic heterocycles. The average molecular weight is 271 g/mol. The summed E-state index contributed by atoms with van der Waals surface area (Å²) >= 11 is 0. The van der Waals surface area contributed by atoms with Crippen molar-refractivity contribution in [3.05, 3.63) is 79.1 Å². The van der Waals surface area contributed by atoms with Gasteiger partial charge in [0.15, 0.2) is 5.76 Å². The molecule has 0 bridgehead atoms. The van der Waals surface area contributed by atoms with E-state index in [0.29, 0.717) is 0 Å². The van der Waals surface area contributed by atoms with Crippen LogP contribution in [0.2, 0.25) is 0 Å². The lowest BCUT2D eigenvalue weighted by molar-refractivity contribution is 0.580. The molecule has 0 spiro atoms. The second-order valence-electron chi connectivity index (χ2n) is 4.92. The summed E-state index contributed by atoms with van der Waals surface area (Å²) in [6, 6.07) is 24.5. The summed E-state index contributed by atoms with van der Waals surface area (Å²) in [6.45, 7) is 0. The molecule has 2 aromatic carbocycles. The monoisotopic (exact) mass is 271 g/mol. The number of nitrogens with zero attached hydrogens (tertiary/aromatic N) is 1. The van der Waals surface area contributed by atoms with E-state index in [4.69, 9.17) is 9.40 Å². The molecule has 100 valence electrons. The van der Waals surface area contributed by atoms with Crippen molar-refractivity contribution in [1.29, 1.82) is 0 Å². The van der Waals surface area contributed by atoms with Crippen LogP contribution in [-0.2, 0) is 0 Å². The lowest BCUT2D eigenvalue weighted by Gasteiger charge is -2.09. The van der Waals surface area contributed by atoms with E-state index in [9.17, 15) is 0 Å². The summed E-state index contributed by atoms with van der Waals surface area (Å²) < 4.78 is 5.50. The molecule has 0 N–H and O–H groups in total. The van der Waals surface area contributed by atoms with Gasteiger partial charge in [0.25, 0.3) is 0 Å². The topological polar surface area (TPSA) is 26.0 Å².